The molecule has 8 heteroatoms. The van der Waals surface area contributed by atoms with Gasteiger partial charge in [0.25, 0.3) is 5.91 Å². The third kappa shape index (κ3) is 6.36. The largest absolute Gasteiger partial charge is 0.383 e. The first kappa shape index (κ1) is 30.8. The Kier molecular flexibility index (Phi) is 8.99. The van der Waals surface area contributed by atoms with Gasteiger partial charge in [-0.15, -0.1) is 0 Å². The Morgan fingerprint density at radius 3 is 2.79 bits per heavy atom. The van der Waals surface area contributed by atoms with Crippen LogP contribution >= 0.6 is 0 Å². The third-order valence-corrected chi connectivity index (χ3v) is 9.41. The number of nitrogens with one attached hydrogen (secondary N) is 4. The normalized spacial score (nSPS) is 23.2. The maximum Gasteiger partial charge on any atom is 0.251 e. The number of nitrogens with zero attached hydrogens (tertiary/aromatic N) is 2. The molecule has 3 aliphatic carbocycles. The average molecular weight is 585 g/mol. The molecule has 2 heterocycles. The lowest BCUT2D eigenvalue weighted by atomic mass is 9.75. The smallest absolute Gasteiger partial charge is 0.251 e. The van der Waals surface area contributed by atoms with Crippen LogP contribution < -0.4 is 10.6 Å². The minimum atomic E-state index is -0.177. The maximum absolute atomic E-state index is 13.3. The number of ether oxygens (including phenoxy) is 1. The summed E-state index contributed by atoms with van der Waals surface area (Å²) in [7, 11) is 3.99. The zero-order valence-electron chi connectivity index (χ0n) is 26.5. The van der Waals surface area contributed by atoms with Gasteiger partial charge in [0.2, 0.25) is 0 Å². The number of H-pyrrole nitrogens is 1. The highest BCUT2D eigenvalue weighted by Crippen LogP contribution is 2.41. The van der Waals surface area contributed by atoms with E-state index in [0.29, 0.717) is 12.1 Å². The lowest BCUT2D eigenvalue weighted by Crippen LogP contribution is -2.62. The Morgan fingerprint density at radius 1 is 1.33 bits per heavy atom. The van der Waals surface area contributed by atoms with Gasteiger partial charge < -0.3 is 30.7 Å². The summed E-state index contributed by atoms with van der Waals surface area (Å²) >= 11 is 0. The number of amides is 1. The second kappa shape index (κ2) is 12.5. The van der Waals surface area contributed by atoms with E-state index in [9.17, 15) is 4.79 Å². The summed E-state index contributed by atoms with van der Waals surface area (Å²) in [5.74, 6) is 0.0751. The van der Waals surface area contributed by atoms with Crippen LogP contribution in [0.25, 0.3) is 11.1 Å². The number of aromatic amines is 1. The van der Waals surface area contributed by atoms with Gasteiger partial charge >= 0.3 is 0 Å². The number of carbonyl (C=O) groups is 1. The second-order valence-electron chi connectivity index (χ2n) is 13.2. The highest BCUT2D eigenvalue weighted by Gasteiger charge is 2.44. The van der Waals surface area contributed by atoms with Crippen LogP contribution in [0.5, 0.6) is 0 Å². The SMILES string of the molecule is C=C/C(=C\N(C)C)c1c[nH]c(C2=C(C=N)C(NC3=CC(C(=O)NCCN4CCOCC45CCC5)=CCC3(C)C)=CC2C)c1. The van der Waals surface area contributed by atoms with Gasteiger partial charge in [-0.2, -0.15) is 0 Å². The molecule has 0 bridgehead atoms. The van der Waals surface area contributed by atoms with Crippen LogP contribution in [0.3, 0.4) is 0 Å². The first-order valence-corrected chi connectivity index (χ1v) is 15.5. The average Bonchev–Trinajstić information content (AvgIpc) is 3.55. The van der Waals surface area contributed by atoms with Crippen LogP contribution in [0.4, 0.5) is 0 Å². The fourth-order valence-electron chi connectivity index (χ4n) is 6.67. The molecule has 4 aliphatic rings. The number of morpholine rings is 1. The highest BCUT2D eigenvalue weighted by atomic mass is 16.5. The molecule has 1 saturated carbocycles. The van der Waals surface area contributed by atoms with Crippen LogP contribution in [-0.2, 0) is 9.53 Å². The monoisotopic (exact) mass is 584 g/mol. The van der Waals surface area contributed by atoms with E-state index in [4.69, 9.17) is 10.1 Å². The first-order valence-electron chi connectivity index (χ1n) is 15.5. The lowest BCUT2D eigenvalue weighted by molar-refractivity contribution is -0.119. The number of carbonyl (C=O) groups excluding carboxylic acids is 1. The Labute approximate surface area is 256 Å². The molecule has 0 aromatic carbocycles. The van der Waals surface area contributed by atoms with Gasteiger partial charge in [0, 0.05) is 103 Å². The molecular formula is C35H48N6O2. The summed E-state index contributed by atoms with van der Waals surface area (Å²) in [4.78, 5) is 21.2. The van der Waals surface area contributed by atoms with E-state index in [1.807, 2.05) is 49.6 Å². The summed E-state index contributed by atoms with van der Waals surface area (Å²) in [6, 6.07) is 2.13. The van der Waals surface area contributed by atoms with E-state index in [-0.39, 0.29) is 22.8 Å². The fourth-order valence-corrected chi connectivity index (χ4v) is 6.67. The van der Waals surface area contributed by atoms with Gasteiger partial charge in [-0.05, 0) is 49.0 Å². The predicted molar refractivity (Wildman–Crippen MR) is 175 cm³/mol. The number of hydrogen-bond acceptors (Lipinski definition) is 6. The van der Waals surface area contributed by atoms with Crippen molar-refractivity contribution in [2.75, 3.05) is 46.9 Å². The predicted octanol–water partition coefficient (Wildman–Crippen LogP) is 5.24. The maximum atomic E-state index is 13.3. The van der Waals surface area contributed by atoms with Crippen LogP contribution in [0.15, 0.2) is 71.9 Å². The van der Waals surface area contributed by atoms with E-state index >= 15 is 0 Å². The lowest BCUT2D eigenvalue weighted by Gasteiger charge is -2.52. The molecule has 43 heavy (non-hydrogen) atoms. The topological polar surface area (TPSA) is 96.5 Å². The van der Waals surface area contributed by atoms with Crippen molar-refractivity contribution in [3.05, 3.63) is 83.1 Å². The van der Waals surface area contributed by atoms with Crippen LogP contribution in [-0.4, -0.2) is 79.4 Å². The molecule has 230 valence electrons. The molecule has 1 spiro atoms. The standard InChI is InChI=1S/C35H48N6O2/c1-7-25(22-40(5)6)27-18-30(38-21-27)32-24(2)17-29(28(32)20-36)39-31-19-26(9-12-34(31,3)4)33(42)37-13-14-41-15-16-43-23-35(41)10-8-11-35/h7,9,17-22,24,36,38-39H,1,8,10-16,23H2,2-6H3,(H,37,42)/b25-22+,36-20?. The van der Waals surface area contributed by atoms with Gasteiger partial charge in [0.05, 0.1) is 13.2 Å². The summed E-state index contributed by atoms with van der Waals surface area (Å²) in [6.07, 6.45) is 17.9. The van der Waals surface area contributed by atoms with Gasteiger partial charge in [0.1, 0.15) is 0 Å². The number of hydrogen-bond donors (Lipinski definition) is 4. The summed E-state index contributed by atoms with van der Waals surface area (Å²) in [5.41, 5.74) is 7.59. The van der Waals surface area contributed by atoms with Gasteiger partial charge in [-0.25, -0.2) is 0 Å². The molecule has 1 aliphatic heterocycles. The molecule has 2 fully saturated rings. The van der Waals surface area contributed by atoms with Crippen molar-refractivity contribution in [1.82, 2.24) is 25.4 Å². The van der Waals surface area contributed by atoms with Gasteiger partial charge in [0.15, 0.2) is 0 Å². The van der Waals surface area contributed by atoms with Crippen LogP contribution in [0.2, 0.25) is 0 Å². The zero-order valence-corrected chi connectivity index (χ0v) is 26.5. The van der Waals surface area contributed by atoms with Gasteiger partial charge in [-0.1, -0.05) is 45.6 Å². The Hall–Kier alpha value is -3.62. The quantitative estimate of drug-likeness (QED) is 0.211. The molecule has 0 radical (unpaired) electrons. The number of rotatable bonds is 11. The molecule has 4 N–H and O–H groups in total. The molecule has 5 rings (SSSR count). The van der Waals surface area contributed by atoms with Crippen molar-refractivity contribution in [3.8, 4) is 0 Å². The van der Waals surface area contributed by atoms with Crippen molar-refractivity contribution < 1.29 is 9.53 Å². The van der Waals surface area contributed by atoms with Crippen molar-refractivity contribution in [2.45, 2.75) is 52.0 Å². The van der Waals surface area contributed by atoms with E-state index < -0.39 is 0 Å². The van der Waals surface area contributed by atoms with Crippen molar-refractivity contribution in [1.29, 1.82) is 5.41 Å². The van der Waals surface area contributed by atoms with E-state index in [1.165, 1.54) is 25.5 Å². The minimum Gasteiger partial charge on any atom is -0.383 e. The highest BCUT2D eigenvalue weighted by molar-refractivity contribution is 5.98. The molecule has 1 unspecified atom stereocenters. The van der Waals surface area contributed by atoms with Crippen LogP contribution in [0, 0.1) is 16.7 Å². The third-order valence-electron chi connectivity index (χ3n) is 9.41. The van der Waals surface area contributed by atoms with E-state index in [0.717, 1.165) is 72.1 Å². The van der Waals surface area contributed by atoms with E-state index in [2.05, 4.69) is 60.0 Å². The molecule has 8 nitrogen and oxygen atoms in total. The van der Waals surface area contributed by atoms with Crippen LogP contribution in [0.1, 0.15) is 57.7 Å². The van der Waals surface area contributed by atoms with E-state index in [1.54, 1.807) is 0 Å². The molecular weight excluding hydrogens is 536 g/mol. The first-order chi connectivity index (χ1) is 20.6. The Balaban J connectivity index is 1.29. The van der Waals surface area contributed by atoms with Gasteiger partial charge in [-0.3, -0.25) is 9.69 Å². The van der Waals surface area contributed by atoms with Crippen molar-refractivity contribution in [2.24, 2.45) is 11.3 Å². The second-order valence-corrected chi connectivity index (χ2v) is 13.2. The zero-order chi connectivity index (χ0) is 30.8. The summed E-state index contributed by atoms with van der Waals surface area (Å²) in [6.45, 7) is 14.5. The molecule has 1 aromatic rings. The summed E-state index contributed by atoms with van der Waals surface area (Å²) < 4.78 is 5.76. The molecule has 1 amide bonds. The Morgan fingerprint density at radius 2 is 2.12 bits per heavy atom. The molecule has 1 saturated heterocycles. The molecule has 1 aromatic heterocycles. The van der Waals surface area contributed by atoms with Crippen molar-refractivity contribution >= 4 is 23.3 Å². The fraction of sp³-hybridized carbons (Fsp3) is 0.486. The number of allylic oxidation sites excluding steroid dienone is 7. The molecule has 1 atom stereocenters. The summed E-state index contributed by atoms with van der Waals surface area (Å²) in [5, 5.41) is 15.1. The number of aromatic nitrogens is 1. The minimum absolute atomic E-state index is 0.0364. The van der Waals surface area contributed by atoms with Crippen molar-refractivity contribution in [3.63, 3.8) is 0 Å². The Bertz CT molecular complexity index is 1410.